The van der Waals surface area contributed by atoms with Crippen molar-refractivity contribution < 1.29 is 9.53 Å². The van der Waals surface area contributed by atoms with Crippen molar-refractivity contribution in [2.75, 3.05) is 6.61 Å². The van der Waals surface area contributed by atoms with E-state index in [-0.39, 0.29) is 18.8 Å². The van der Waals surface area contributed by atoms with Gasteiger partial charge in [0.15, 0.2) is 5.65 Å². The summed E-state index contributed by atoms with van der Waals surface area (Å²) < 4.78 is 9.03. The molecule has 0 unspecified atom stereocenters. The number of ether oxygens (including phenoxy) is 1. The van der Waals surface area contributed by atoms with Crippen LogP contribution in [0.25, 0.3) is 11.2 Å². The topological polar surface area (TPSA) is 66.1 Å². The van der Waals surface area contributed by atoms with Crippen molar-refractivity contribution >= 4 is 33.1 Å². The maximum absolute atomic E-state index is 14.4. The van der Waals surface area contributed by atoms with Gasteiger partial charge in [-0.25, -0.2) is 9.78 Å². The van der Waals surface area contributed by atoms with E-state index in [1.807, 2.05) is 97.1 Å². The van der Waals surface area contributed by atoms with Crippen LogP contribution in [0.2, 0.25) is 0 Å². The first kappa shape index (κ1) is 23.8. The zero-order valence-corrected chi connectivity index (χ0v) is 21.3. The van der Waals surface area contributed by atoms with Crippen LogP contribution in [-0.2, 0) is 21.6 Å². The minimum atomic E-state index is -1.06. The van der Waals surface area contributed by atoms with Crippen molar-refractivity contribution in [1.82, 2.24) is 14.1 Å². The summed E-state index contributed by atoms with van der Waals surface area (Å²) in [7, 11) is 0. The van der Waals surface area contributed by atoms with Crippen LogP contribution in [0.15, 0.2) is 113 Å². The number of imidazole rings is 1. The molecular weight excluding hydrogens is 518 g/mol. The van der Waals surface area contributed by atoms with Gasteiger partial charge in [0.2, 0.25) is 0 Å². The molecule has 0 amide bonds. The van der Waals surface area contributed by atoms with E-state index in [0.29, 0.717) is 15.6 Å². The first-order valence-corrected chi connectivity index (χ1v) is 12.5. The Kier molecular flexibility index (Phi) is 6.57. The van der Waals surface area contributed by atoms with Crippen molar-refractivity contribution in [2.45, 2.75) is 19.0 Å². The third kappa shape index (κ3) is 3.95. The van der Waals surface area contributed by atoms with Gasteiger partial charge in [-0.2, -0.15) is 0 Å². The van der Waals surface area contributed by atoms with Gasteiger partial charge >= 0.3 is 11.7 Å². The number of rotatable bonds is 7. The second-order valence-electron chi connectivity index (χ2n) is 8.31. The molecule has 5 aromatic rings. The predicted molar refractivity (Wildman–Crippen MR) is 143 cm³/mol. The maximum atomic E-state index is 14.4. The van der Waals surface area contributed by atoms with E-state index >= 15 is 0 Å². The van der Waals surface area contributed by atoms with Gasteiger partial charge in [-0.3, -0.25) is 13.9 Å². The zero-order chi connectivity index (χ0) is 25.1. The van der Waals surface area contributed by atoms with Crippen LogP contribution >= 0.6 is 15.9 Å². The highest BCUT2D eigenvalue weighted by molar-refractivity contribution is 9.10. The van der Waals surface area contributed by atoms with Gasteiger partial charge in [0.1, 0.15) is 12.1 Å². The lowest BCUT2D eigenvalue weighted by Crippen LogP contribution is -2.45. The molecule has 3 aromatic carbocycles. The summed E-state index contributed by atoms with van der Waals surface area (Å²) in [5.41, 5.74) is 2.26. The van der Waals surface area contributed by atoms with Gasteiger partial charge in [-0.15, -0.1) is 0 Å². The van der Waals surface area contributed by atoms with Gasteiger partial charge in [-0.05, 0) is 45.6 Å². The highest BCUT2D eigenvalue weighted by Gasteiger charge is 2.42. The van der Waals surface area contributed by atoms with Crippen LogP contribution in [0, 0.1) is 0 Å². The molecule has 7 heteroatoms. The van der Waals surface area contributed by atoms with Crippen molar-refractivity contribution in [1.29, 1.82) is 0 Å². The molecule has 0 saturated carbocycles. The lowest BCUT2D eigenvalue weighted by Gasteiger charge is -2.36. The maximum Gasteiger partial charge on any atom is 0.332 e. The van der Waals surface area contributed by atoms with Crippen molar-refractivity contribution in [3.63, 3.8) is 0 Å². The minimum absolute atomic E-state index is 0.219. The van der Waals surface area contributed by atoms with Gasteiger partial charge in [0, 0.05) is 10.7 Å². The summed E-state index contributed by atoms with van der Waals surface area (Å²) in [4.78, 5) is 31.6. The average molecular weight is 542 g/mol. The van der Waals surface area contributed by atoms with Crippen LogP contribution in [0.5, 0.6) is 0 Å². The number of hydrogen-bond donors (Lipinski definition) is 0. The van der Waals surface area contributed by atoms with Gasteiger partial charge < -0.3 is 4.74 Å². The molecule has 2 aromatic heterocycles. The van der Waals surface area contributed by atoms with E-state index in [1.54, 1.807) is 17.7 Å². The number of pyridine rings is 1. The molecule has 0 atom stereocenters. The van der Waals surface area contributed by atoms with Crippen LogP contribution < -0.4 is 5.69 Å². The number of halogens is 1. The first-order chi connectivity index (χ1) is 17.6. The Morgan fingerprint density at radius 2 is 1.39 bits per heavy atom. The van der Waals surface area contributed by atoms with E-state index in [9.17, 15) is 9.59 Å². The van der Waals surface area contributed by atoms with Crippen molar-refractivity contribution in [3.8, 4) is 0 Å². The fourth-order valence-corrected chi connectivity index (χ4v) is 5.14. The summed E-state index contributed by atoms with van der Waals surface area (Å²) in [5.74, 6) is -0.483. The van der Waals surface area contributed by atoms with Crippen LogP contribution in [0.3, 0.4) is 0 Å². The Bertz CT molecular complexity index is 1470. The third-order valence-electron chi connectivity index (χ3n) is 6.24. The standard InChI is InChI=1S/C29H24BrN3O3/c1-2-36-26(34)20-32-25-18-24(30)19-31-27(25)33(28(32)35)29(21-12-6-3-7-13-21,22-14-8-4-9-15-22)23-16-10-5-11-17-23/h3-19H,2,20H2,1H3. The van der Waals surface area contributed by atoms with Crippen LogP contribution in [0.4, 0.5) is 0 Å². The largest absolute Gasteiger partial charge is 0.465 e. The van der Waals surface area contributed by atoms with E-state index in [1.165, 1.54) is 4.57 Å². The lowest BCUT2D eigenvalue weighted by molar-refractivity contribution is -0.143. The number of fused-ring (bicyclic) bond motifs is 1. The molecule has 0 fully saturated rings. The minimum Gasteiger partial charge on any atom is -0.465 e. The number of nitrogens with zero attached hydrogens (tertiary/aromatic N) is 3. The second kappa shape index (κ2) is 9.95. The molecule has 6 nitrogen and oxygen atoms in total. The van der Waals surface area contributed by atoms with E-state index in [0.717, 1.165) is 16.7 Å². The Hall–Kier alpha value is -3.97. The SMILES string of the molecule is CCOC(=O)Cn1c(=O)n(C(c2ccccc2)(c2ccccc2)c2ccccc2)c2ncc(Br)cc21. The molecule has 0 radical (unpaired) electrons. The Morgan fingerprint density at radius 3 is 1.86 bits per heavy atom. The first-order valence-electron chi connectivity index (χ1n) is 11.7. The summed E-state index contributed by atoms with van der Waals surface area (Å²) in [5, 5.41) is 0. The molecule has 0 bridgehead atoms. The monoisotopic (exact) mass is 541 g/mol. The highest BCUT2D eigenvalue weighted by atomic mass is 79.9. The Labute approximate surface area is 216 Å². The number of carbonyl (C=O) groups is 1. The number of carbonyl (C=O) groups excluding carboxylic acids is 1. The number of benzene rings is 3. The molecule has 180 valence electrons. The van der Waals surface area contributed by atoms with Crippen molar-refractivity contribution in [2.24, 2.45) is 0 Å². The quantitative estimate of drug-likeness (QED) is 0.205. The molecule has 5 rings (SSSR count). The number of aromatic nitrogens is 3. The summed E-state index contributed by atoms with van der Waals surface area (Å²) in [6.45, 7) is 1.76. The van der Waals surface area contributed by atoms with Crippen LogP contribution in [0.1, 0.15) is 23.6 Å². The molecule has 0 aliphatic rings. The van der Waals surface area contributed by atoms with Crippen LogP contribution in [-0.4, -0.2) is 26.7 Å². The van der Waals surface area contributed by atoms with E-state index in [4.69, 9.17) is 9.72 Å². The van der Waals surface area contributed by atoms with Gasteiger partial charge in [0.25, 0.3) is 0 Å². The second-order valence-corrected chi connectivity index (χ2v) is 9.23. The number of hydrogen-bond acceptors (Lipinski definition) is 4. The van der Waals surface area contributed by atoms with E-state index < -0.39 is 11.5 Å². The average Bonchev–Trinajstić information content (AvgIpc) is 3.17. The predicted octanol–water partition coefficient (Wildman–Crippen LogP) is 5.36. The smallest absolute Gasteiger partial charge is 0.332 e. The summed E-state index contributed by atoms with van der Waals surface area (Å²) in [6.07, 6.45) is 1.67. The van der Waals surface area contributed by atoms with E-state index in [2.05, 4.69) is 15.9 Å². The zero-order valence-electron chi connectivity index (χ0n) is 19.7. The lowest BCUT2D eigenvalue weighted by atomic mass is 9.76. The molecule has 36 heavy (non-hydrogen) atoms. The molecule has 0 N–H and O–H groups in total. The summed E-state index contributed by atoms with van der Waals surface area (Å²) in [6, 6.07) is 31.5. The molecular formula is C29H24BrN3O3. The fraction of sp³-hybridized carbons (Fsp3) is 0.138. The molecule has 0 aliphatic heterocycles. The summed E-state index contributed by atoms with van der Waals surface area (Å²) >= 11 is 3.48. The molecule has 0 spiro atoms. The molecule has 2 heterocycles. The highest BCUT2D eigenvalue weighted by Crippen LogP contribution is 2.41. The normalized spacial score (nSPS) is 11.5. The van der Waals surface area contributed by atoms with Crippen molar-refractivity contribution in [3.05, 3.63) is 135 Å². The van der Waals surface area contributed by atoms with Gasteiger partial charge in [-0.1, -0.05) is 91.0 Å². The fourth-order valence-electron chi connectivity index (χ4n) is 4.82. The third-order valence-corrected chi connectivity index (χ3v) is 6.67. The molecule has 0 aliphatic carbocycles. The molecule has 0 saturated heterocycles. The Morgan fingerprint density at radius 1 is 0.889 bits per heavy atom. The van der Waals surface area contributed by atoms with Gasteiger partial charge in [0.05, 0.1) is 12.1 Å². The Balaban J connectivity index is 1.96. The number of esters is 1.